The van der Waals surface area contributed by atoms with Gasteiger partial charge in [0.1, 0.15) is 0 Å². The molecule has 0 spiro atoms. The average molecular weight is 731 g/mol. The SMILES string of the molecule is c1ccc(-c2cccc3c(-c4ccc5ccc6cccc7ccc4c5c67)c4c(-c5ccccc5)cccc4c(-c4ccc5ccc6cccc7ccc4c5c67)c23)cc1. The molecule has 0 N–H and O–H groups in total. The first-order chi connectivity index (χ1) is 28.8. The largest absolute Gasteiger partial charge is 0.0622 e. The Labute approximate surface area is 335 Å². The minimum atomic E-state index is 1.21. The summed E-state index contributed by atoms with van der Waals surface area (Å²) in [5, 5.41) is 20.7. The van der Waals surface area contributed by atoms with Crippen molar-refractivity contribution in [2.24, 2.45) is 0 Å². The third-order valence-corrected chi connectivity index (χ3v) is 12.9. The maximum atomic E-state index is 2.39. The van der Waals surface area contributed by atoms with Gasteiger partial charge in [-0.2, -0.15) is 0 Å². The van der Waals surface area contributed by atoms with Crippen LogP contribution in [0.3, 0.4) is 0 Å². The second kappa shape index (κ2) is 12.0. The standard InChI is InChI=1S/C58H34/c1-3-11-35(12-4-1)43-19-9-21-49-55(43)57(47-33-29-41-25-23-37-15-7-17-39-27-31-45(47)53(41)51(37)39)50-22-10-20-44(36-13-5-2-6-14-36)56(50)58(49)48-34-30-42-26-24-38-16-8-18-40-28-32-46(48)54(42)52(38)40/h1-34H. The number of fused-ring (bicyclic) bond motifs is 2. The highest BCUT2D eigenvalue weighted by atomic mass is 14.3. The van der Waals surface area contributed by atoms with Gasteiger partial charge < -0.3 is 0 Å². The summed E-state index contributed by atoms with van der Waals surface area (Å²) in [5.74, 6) is 0. The fourth-order valence-electron chi connectivity index (χ4n) is 10.5. The van der Waals surface area contributed by atoms with Crippen LogP contribution in [-0.2, 0) is 0 Å². The number of hydrogen-bond donors (Lipinski definition) is 0. The van der Waals surface area contributed by atoms with Crippen LogP contribution in [0.4, 0.5) is 0 Å². The predicted molar refractivity (Wildman–Crippen MR) is 251 cm³/mol. The third kappa shape index (κ3) is 4.35. The average Bonchev–Trinajstić information content (AvgIpc) is 3.29. The Morgan fingerprint density at radius 3 is 0.931 bits per heavy atom. The molecule has 0 unspecified atom stereocenters. The first kappa shape index (κ1) is 31.6. The number of rotatable bonds is 4. The van der Waals surface area contributed by atoms with Gasteiger partial charge >= 0.3 is 0 Å². The van der Waals surface area contributed by atoms with Crippen molar-refractivity contribution in [3.05, 3.63) is 206 Å². The van der Waals surface area contributed by atoms with Crippen LogP contribution in [0.1, 0.15) is 0 Å². The summed E-state index contributed by atoms with van der Waals surface area (Å²) in [6.07, 6.45) is 0. The van der Waals surface area contributed by atoms with Crippen molar-refractivity contribution in [2.45, 2.75) is 0 Å². The lowest BCUT2D eigenvalue weighted by Crippen LogP contribution is -1.97. The van der Waals surface area contributed by atoms with Gasteiger partial charge in [-0.25, -0.2) is 0 Å². The Bertz CT molecular complexity index is 3480. The van der Waals surface area contributed by atoms with Crippen LogP contribution in [0.25, 0.3) is 131 Å². The molecule has 0 heterocycles. The zero-order valence-electron chi connectivity index (χ0n) is 31.6. The molecule has 0 aliphatic heterocycles. The van der Waals surface area contributed by atoms with E-state index < -0.39 is 0 Å². The van der Waals surface area contributed by atoms with Gasteiger partial charge in [0.25, 0.3) is 0 Å². The van der Waals surface area contributed by atoms with Crippen molar-refractivity contribution in [2.75, 3.05) is 0 Å². The molecule has 0 bridgehead atoms. The smallest absolute Gasteiger partial charge is 0.00137 e. The van der Waals surface area contributed by atoms with Gasteiger partial charge in [-0.05, 0) is 131 Å². The van der Waals surface area contributed by atoms with E-state index in [1.165, 1.54) is 131 Å². The molecule has 13 rings (SSSR count). The molecule has 13 aromatic rings. The van der Waals surface area contributed by atoms with Crippen molar-refractivity contribution in [3.8, 4) is 44.5 Å². The second-order valence-electron chi connectivity index (χ2n) is 15.9. The Balaban J connectivity index is 1.28. The highest BCUT2D eigenvalue weighted by molar-refractivity contribution is 6.34. The Morgan fingerprint density at radius 2 is 0.517 bits per heavy atom. The maximum Gasteiger partial charge on any atom is -0.00137 e. The quantitative estimate of drug-likeness (QED) is 0.125. The van der Waals surface area contributed by atoms with Crippen molar-refractivity contribution in [3.63, 3.8) is 0 Å². The summed E-state index contributed by atoms with van der Waals surface area (Å²) >= 11 is 0. The van der Waals surface area contributed by atoms with Crippen molar-refractivity contribution in [1.82, 2.24) is 0 Å². The van der Waals surface area contributed by atoms with Gasteiger partial charge in [0.15, 0.2) is 0 Å². The summed E-state index contributed by atoms with van der Waals surface area (Å²) in [6.45, 7) is 0. The van der Waals surface area contributed by atoms with Crippen LogP contribution < -0.4 is 0 Å². The molecule has 0 fully saturated rings. The predicted octanol–water partition coefficient (Wildman–Crippen LogP) is 16.5. The lowest BCUT2D eigenvalue weighted by atomic mass is 9.78. The van der Waals surface area contributed by atoms with Gasteiger partial charge in [0.2, 0.25) is 0 Å². The van der Waals surface area contributed by atoms with E-state index in [4.69, 9.17) is 0 Å². The number of benzene rings is 13. The van der Waals surface area contributed by atoms with Crippen molar-refractivity contribution in [1.29, 1.82) is 0 Å². The Hall–Kier alpha value is -7.54. The van der Waals surface area contributed by atoms with Crippen LogP contribution in [-0.4, -0.2) is 0 Å². The van der Waals surface area contributed by atoms with Gasteiger partial charge in [-0.3, -0.25) is 0 Å². The van der Waals surface area contributed by atoms with E-state index in [1.54, 1.807) is 0 Å². The summed E-state index contributed by atoms with van der Waals surface area (Å²) < 4.78 is 0. The van der Waals surface area contributed by atoms with Crippen LogP contribution in [0.5, 0.6) is 0 Å². The minimum absolute atomic E-state index is 1.21. The molecular formula is C58H34. The zero-order chi connectivity index (χ0) is 37.9. The molecule has 0 radical (unpaired) electrons. The molecule has 0 heteroatoms. The Kier molecular flexibility index (Phi) is 6.54. The van der Waals surface area contributed by atoms with Gasteiger partial charge in [0.05, 0.1) is 0 Å². The molecular weight excluding hydrogens is 697 g/mol. The van der Waals surface area contributed by atoms with Crippen molar-refractivity contribution >= 4 is 86.2 Å². The summed E-state index contributed by atoms with van der Waals surface area (Å²) in [6, 6.07) is 77.3. The van der Waals surface area contributed by atoms with Gasteiger partial charge in [-0.15, -0.1) is 0 Å². The minimum Gasteiger partial charge on any atom is -0.0622 e. The highest BCUT2D eigenvalue weighted by Crippen LogP contribution is 2.53. The molecule has 0 aliphatic carbocycles. The lowest BCUT2D eigenvalue weighted by Gasteiger charge is -2.24. The Morgan fingerprint density at radius 1 is 0.172 bits per heavy atom. The molecule has 0 nitrogen and oxygen atoms in total. The maximum absolute atomic E-state index is 2.39. The van der Waals surface area contributed by atoms with Gasteiger partial charge in [0, 0.05) is 0 Å². The molecule has 58 heavy (non-hydrogen) atoms. The van der Waals surface area contributed by atoms with E-state index in [2.05, 4.69) is 206 Å². The van der Waals surface area contributed by atoms with E-state index in [1.807, 2.05) is 0 Å². The molecule has 0 aromatic heterocycles. The lowest BCUT2D eigenvalue weighted by molar-refractivity contribution is 1.63. The van der Waals surface area contributed by atoms with E-state index in [-0.39, 0.29) is 0 Å². The molecule has 0 atom stereocenters. The molecule has 266 valence electrons. The van der Waals surface area contributed by atoms with E-state index >= 15 is 0 Å². The van der Waals surface area contributed by atoms with Crippen LogP contribution >= 0.6 is 0 Å². The molecule has 0 saturated carbocycles. The molecule has 0 amide bonds. The van der Waals surface area contributed by atoms with E-state index in [0.29, 0.717) is 0 Å². The fraction of sp³-hybridized carbons (Fsp3) is 0. The van der Waals surface area contributed by atoms with Crippen LogP contribution in [0.2, 0.25) is 0 Å². The van der Waals surface area contributed by atoms with E-state index in [9.17, 15) is 0 Å². The van der Waals surface area contributed by atoms with Crippen LogP contribution in [0.15, 0.2) is 206 Å². The van der Waals surface area contributed by atoms with E-state index in [0.717, 1.165) is 0 Å². The molecule has 0 saturated heterocycles. The highest BCUT2D eigenvalue weighted by Gasteiger charge is 2.25. The summed E-state index contributed by atoms with van der Waals surface area (Å²) in [5.41, 5.74) is 9.99. The normalized spacial score (nSPS) is 12.1. The topological polar surface area (TPSA) is 0 Å². The third-order valence-electron chi connectivity index (χ3n) is 12.9. The monoisotopic (exact) mass is 730 g/mol. The zero-order valence-corrected chi connectivity index (χ0v) is 31.6. The molecule has 0 aliphatic rings. The van der Waals surface area contributed by atoms with Crippen molar-refractivity contribution < 1.29 is 0 Å². The fourth-order valence-corrected chi connectivity index (χ4v) is 10.5. The second-order valence-corrected chi connectivity index (χ2v) is 15.9. The summed E-state index contributed by atoms with van der Waals surface area (Å²) in [4.78, 5) is 0. The summed E-state index contributed by atoms with van der Waals surface area (Å²) in [7, 11) is 0. The first-order valence-corrected chi connectivity index (χ1v) is 20.3. The van der Waals surface area contributed by atoms with Gasteiger partial charge in [-0.1, -0.05) is 206 Å². The first-order valence-electron chi connectivity index (χ1n) is 20.3. The molecule has 13 aromatic carbocycles. The van der Waals surface area contributed by atoms with Crippen LogP contribution in [0, 0.1) is 0 Å². The number of hydrogen-bond acceptors (Lipinski definition) is 0.